The number of fused-ring (bicyclic) bond motifs is 1. The first-order valence-electron chi connectivity index (χ1n) is 19.2. The molecule has 2 aromatic rings. The Labute approximate surface area is 289 Å². The molecule has 4 heteroatoms. The molecule has 48 heavy (non-hydrogen) atoms. The highest BCUT2D eigenvalue weighted by Gasteiger charge is 2.31. The maximum atomic E-state index is 13.2. The molecule has 0 radical (unpaired) electrons. The van der Waals surface area contributed by atoms with Crippen molar-refractivity contribution in [1.29, 1.82) is 0 Å². The SMILES string of the molecule is CCCCCC1CCC(c2ccc(NC3=C4C(=O)C=CC(Nc5ccc(C6CCC(CCCCC)CC6)cc5)=C4C(=O)C=C3)cc2)CC1. The molecule has 0 amide bonds. The van der Waals surface area contributed by atoms with Crippen molar-refractivity contribution in [2.24, 2.45) is 11.8 Å². The average molecular weight is 645 g/mol. The molecule has 0 aromatic heterocycles. The van der Waals surface area contributed by atoms with E-state index in [1.165, 1.54) is 114 Å². The van der Waals surface area contributed by atoms with Crippen molar-refractivity contribution in [1.82, 2.24) is 0 Å². The number of hydrogen-bond acceptors (Lipinski definition) is 4. The molecule has 4 aliphatic rings. The van der Waals surface area contributed by atoms with Crippen LogP contribution in [0, 0.1) is 11.8 Å². The lowest BCUT2D eigenvalue weighted by Gasteiger charge is -2.29. The van der Waals surface area contributed by atoms with Crippen LogP contribution in [0.5, 0.6) is 0 Å². The van der Waals surface area contributed by atoms with Crippen LogP contribution in [0.4, 0.5) is 11.4 Å². The number of benzene rings is 2. The zero-order chi connectivity index (χ0) is 33.3. The summed E-state index contributed by atoms with van der Waals surface area (Å²) in [5, 5.41) is 6.93. The molecular formula is C44H56N2O2. The van der Waals surface area contributed by atoms with E-state index < -0.39 is 0 Å². The highest BCUT2D eigenvalue weighted by Crippen LogP contribution is 2.40. The summed E-state index contributed by atoms with van der Waals surface area (Å²) < 4.78 is 0. The van der Waals surface area contributed by atoms with E-state index in [1.807, 2.05) is 0 Å². The van der Waals surface area contributed by atoms with Gasteiger partial charge in [0.05, 0.1) is 22.5 Å². The Hall–Kier alpha value is -3.66. The standard InChI is InChI=1S/C44H56N2O2/c1-3-5-7-9-31-11-15-33(16-12-31)35-19-23-37(24-20-35)45-39-27-29-42(48)44-40(28-30-41(47)43(39)44)46-38-25-21-36(22-26-38)34-17-13-32(14-18-34)10-8-6-4-2/h19-34,45-46H,3-18H2,1-2H3. The fourth-order valence-corrected chi connectivity index (χ4v) is 8.56. The topological polar surface area (TPSA) is 58.2 Å². The molecule has 0 saturated heterocycles. The quantitative estimate of drug-likeness (QED) is 0.201. The largest absolute Gasteiger partial charge is 0.355 e. The molecule has 6 rings (SSSR count). The molecule has 254 valence electrons. The number of unbranched alkanes of at least 4 members (excludes halogenated alkanes) is 4. The van der Waals surface area contributed by atoms with Gasteiger partial charge in [0.2, 0.25) is 0 Å². The molecule has 0 heterocycles. The van der Waals surface area contributed by atoms with Crippen molar-refractivity contribution in [3.63, 3.8) is 0 Å². The van der Waals surface area contributed by atoms with E-state index in [1.54, 1.807) is 24.3 Å². The van der Waals surface area contributed by atoms with Crippen LogP contribution in [-0.4, -0.2) is 11.6 Å². The van der Waals surface area contributed by atoms with Gasteiger partial charge < -0.3 is 10.6 Å². The summed E-state index contributed by atoms with van der Waals surface area (Å²) in [7, 11) is 0. The van der Waals surface area contributed by atoms with Gasteiger partial charge >= 0.3 is 0 Å². The van der Waals surface area contributed by atoms with Crippen LogP contribution in [0.15, 0.2) is 95.4 Å². The summed E-state index contributed by atoms with van der Waals surface area (Å²) in [5.74, 6) is 2.77. The van der Waals surface area contributed by atoms with E-state index in [0.29, 0.717) is 34.4 Å². The Kier molecular flexibility index (Phi) is 11.9. The molecule has 2 aromatic carbocycles. The van der Waals surface area contributed by atoms with Crippen LogP contribution in [0.1, 0.15) is 140 Å². The number of nitrogens with one attached hydrogen (secondary N) is 2. The maximum absolute atomic E-state index is 13.2. The molecule has 2 fully saturated rings. The van der Waals surface area contributed by atoms with Crippen molar-refractivity contribution in [2.45, 2.75) is 128 Å². The highest BCUT2D eigenvalue weighted by atomic mass is 16.1. The van der Waals surface area contributed by atoms with Gasteiger partial charge in [-0.15, -0.1) is 0 Å². The third-order valence-electron chi connectivity index (χ3n) is 11.5. The van der Waals surface area contributed by atoms with Gasteiger partial charge in [-0.3, -0.25) is 9.59 Å². The van der Waals surface area contributed by atoms with Crippen molar-refractivity contribution >= 4 is 22.9 Å². The minimum Gasteiger partial charge on any atom is -0.355 e. The predicted octanol–water partition coefficient (Wildman–Crippen LogP) is 11.7. The number of carbonyl (C=O) groups excluding carboxylic acids is 2. The Morgan fingerprint density at radius 3 is 1.23 bits per heavy atom. The van der Waals surface area contributed by atoms with E-state index in [4.69, 9.17) is 0 Å². The summed E-state index contributed by atoms with van der Waals surface area (Å²) in [6, 6.07) is 17.4. The van der Waals surface area contributed by atoms with E-state index in [2.05, 4.69) is 73.0 Å². The second kappa shape index (κ2) is 16.6. The van der Waals surface area contributed by atoms with Gasteiger partial charge in [0, 0.05) is 11.4 Å². The lowest BCUT2D eigenvalue weighted by atomic mass is 9.77. The molecule has 2 N–H and O–H groups in total. The first-order chi connectivity index (χ1) is 23.5. The van der Waals surface area contributed by atoms with E-state index >= 15 is 0 Å². The second-order valence-electron chi connectivity index (χ2n) is 14.9. The third-order valence-corrected chi connectivity index (χ3v) is 11.5. The number of rotatable bonds is 14. The fourth-order valence-electron chi connectivity index (χ4n) is 8.56. The van der Waals surface area contributed by atoms with Crippen molar-refractivity contribution < 1.29 is 9.59 Å². The monoisotopic (exact) mass is 644 g/mol. The Morgan fingerprint density at radius 2 is 0.875 bits per heavy atom. The molecule has 4 aliphatic carbocycles. The predicted molar refractivity (Wildman–Crippen MR) is 200 cm³/mol. The van der Waals surface area contributed by atoms with Gasteiger partial charge in [0.1, 0.15) is 0 Å². The molecule has 4 nitrogen and oxygen atoms in total. The Balaban J connectivity index is 1.09. The summed E-state index contributed by atoms with van der Waals surface area (Å²) in [5.41, 5.74) is 6.87. The van der Waals surface area contributed by atoms with Gasteiger partial charge in [-0.25, -0.2) is 0 Å². The van der Waals surface area contributed by atoms with E-state index in [0.717, 1.165) is 23.2 Å². The molecule has 0 unspecified atom stereocenters. The summed E-state index contributed by atoms with van der Waals surface area (Å²) in [6.45, 7) is 4.57. The van der Waals surface area contributed by atoms with Gasteiger partial charge in [-0.2, -0.15) is 0 Å². The average Bonchev–Trinajstić information content (AvgIpc) is 3.12. The highest BCUT2D eigenvalue weighted by molar-refractivity contribution is 6.23. The molecular weight excluding hydrogens is 588 g/mol. The first-order valence-corrected chi connectivity index (χ1v) is 19.2. The van der Waals surface area contributed by atoms with Gasteiger partial charge in [-0.1, -0.05) is 89.5 Å². The van der Waals surface area contributed by atoms with Gasteiger partial charge in [-0.05, 0) is 135 Å². The minimum atomic E-state index is -0.149. The van der Waals surface area contributed by atoms with Crippen LogP contribution >= 0.6 is 0 Å². The fraction of sp³-hybridized carbons (Fsp3) is 0.500. The van der Waals surface area contributed by atoms with Crippen LogP contribution < -0.4 is 10.6 Å². The number of ketones is 2. The van der Waals surface area contributed by atoms with E-state index in [-0.39, 0.29) is 11.6 Å². The Bertz CT molecular complexity index is 1410. The van der Waals surface area contributed by atoms with Gasteiger partial charge in [0.25, 0.3) is 0 Å². The van der Waals surface area contributed by atoms with Crippen molar-refractivity contribution in [3.8, 4) is 0 Å². The molecule has 2 saturated carbocycles. The normalized spacial score (nSPS) is 24.2. The minimum absolute atomic E-state index is 0.149. The summed E-state index contributed by atoms with van der Waals surface area (Å²) >= 11 is 0. The molecule has 0 aliphatic heterocycles. The molecule has 0 spiro atoms. The smallest absolute Gasteiger partial charge is 0.188 e. The lowest BCUT2D eigenvalue weighted by molar-refractivity contribution is -0.114. The van der Waals surface area contributed by atoms with Crippen molar-refractivity contribution in [2.75, 3.05) is 10.6 Å². The number of hydrogen-bond donors (Lipinski definition) is 2. The maximum Gasteiger partial charge on any atom is 0.188 e. The van der Waals surface area contributed by atoms with Gasteiger partial charge in [0.15, 0.2) is 11.6 Å². The zero-order valence-electron chi connectivity index (χ0n) is 29.4. The number of carbonyl (C=O) groups is 2. The second-order valence-corrected chi connectivity index (χ2v) is 14.9. The zero-order valence-corrected chi connectivity index (χ0v) is 29.4. The Morgan fingerprint density at radius 1 is 0.500 bits per heavy atom. The summed E-state index contributed by atoms with van der Waals surface area (Å²) in [4.78, 5) is 26.5. The number of anilines is 2. The van der Waals surface area contributed by atoms with Crippen LogP contribution in [0.25, 0.3) is 0 Å². The molecule has 0 bridgehead atoms. The summed E-state index contributed by atoms with van der Waals surface area (Å²) in [6.07, 6.45) is 28.0. The lowest BCUT2D eigenvalue weighted by Crippen LogP contribution is -2.24. The van der Waals surface area contributed by atoms with E-state index in [9.17, 15) is 9.59 Å². The third kappa shape index (κ3) is 8.49. The number of allylic oxidation sites excluding steroid dienone is 6. The van der Waals surface area contributed by atoms with Crippen molar-refractivity contribution in [3.05, 3.63) is 107 Å². The van der Waals surface area contributed by atoms with Crippen LogP contribution in [0.3, 0.4) is 0 Å². The first kappa shape index (κ1) is 34.2. The van der Waals surface area contributed by atoms with Crippen LogP contribution in [-0.2, 0) is 9.59 Å². The van der Waals surface area contributed by atoms with Crippen LogP contribution in [0.2, 0.25) is 0 Å². The molecule has 0 atom stereocenters.